The van der Waals surface area contributed by atoms with Crippen molar-refractivity contribution in [3.05, 3.63) is 48.6 Å². The summed E-state index contributed by atoms with van der Waals surface area (Å²) in [5.41, 5.74) is 0. The molecule has 0 aromatic rings. The van der Waals surface area contributed by atoms with Crippen molar-refractivity contribution < 1.29 is 20.1 Å². The fraction of sp³-hybridized carbons (Fsp3) is 0.804. The van der Waals surface area contributed by atoms with E-state index in [1.54, 1.807) is 6.08 Å². The predicted octanol–water partition coefficient (Wildman–Crippen LogP) is 12.5. The molecule has 0 aromatic heterocycles. The lowest BCUT2D eigenvalue weighted by Gasteiger charge is -2.20. The molecule has 0 rings (SSSR count). The standard InChI is InChI=1S/C46H85NO4/c1-3-5-7-9-11-13-15-17-19-20-21-22-23-24-26-28-30-32-34-36-38-40-45(50)44(42-48)47-46(51)41-43(49)39-37-35-33-31-29-27-25-18-16-14-12-10-8-6-4-2/h12,14,18,25,30,32,38,40,43-45,48-50H,3-11,13,15-17,19-24,26-29,31,33-37,39,41-42H2,1-2H3,(H,47,51)/b14-12-,25-18-,32-30+,40-38+. The van der Waals surface area contributed by atoms with E-state index in [9.17, 15) is 20.1 Å². The lowest BCUT2D eigenvalue weighted by Crippen LogP contribution is -2.45. The van der Waals surface area contributed by atoms with Crippen LogP contribution in [-0.4, -0.2) is 46.1 Å². The number of aliphatic hydroxyl groups excluding tert-OH is 3. The summed E-state index contributed by atoms with van der Waals surface area (Å²) in [6.07, 6.45) is 52.5. The third kappa shape index (κ3) is 37.9. The van der Waals surface area contributed by atoms with Crippen LogP contribution in [0.5, 0.6) is 0 Å². The summed E-state index contributed by atoms with van der Waals surface area (Å²) in [7, 11) is 0. The largest absolute Gasteiger partial charge is 0.394 e. The first-order chi connectivity index (χ1) is 25.0. The van der Waals surface area contributed by atoms with Gasteiger partial charge >= 0.3 is 0 Å². The van der Waals surface area contributed by atoms with Gasteiger partial charge in [-0.2, -0.15) is 0 Å². The third-order valence-corrected chi connectivity index (χ3v) is 9.84. The van der Waals surface area contributed by atoms with Gasteiger partial charge in [0.25, 0.3) is 0 Å². The van der Waals surface area contributed by atoms with Gasteiger partial charge < -0.3 is 20.6 Å². The third-order valence-electron chi connectivity index (χ3n) is 9.84. The first-order valence-corrected chi connectivity index (χ1v) is 21.9. The second-order valence-corrected chi connectivity index (χ2v) is 14.9. The van der Waals surface area contributed by atoms with E-state index in [1.807, 2.05) is 6.08 Å². The lowest BCUT2D eigenvalue weighted by molar-refractivity contribution is -0.124. The Labute approximate surface area is 316 Å². The summed E-state index contributed by atoms with van der Waals surface area (Å²) >= 11 is 0. The van der Waals surface area contributed by atoms with Crippen LogP contribution in [0.4, 0.5) is 0 Å². The molecule has 5 heteroatoms. The Morgan fingerprint density at radius 3 is 1.41 bits per heavy atom. The Kier molecular flexibility index (Phi) is 39.7. The van der Waals surface area contributed by atoms with Crippen LogP contribution in [0.25, 0.3) is 0 Å². The monoisotopic (exact) mass is 716 g/mol. The van der Waals surface area contributed by atoms with E-state index in [1.165, 1.54) is 135 Å². The van der Waals surface area contributed by atoms with Crippen LogP contribution >= 0.6 is 0 Å². The average Bonchev–Trinajstić information content (AvgIpc) is 3.12. The minimum atomic E-state index is -0.956. The first kappa shape index (κ1) is 49.3. The number of allylic oxidation sites excluding steroid dienone is 7. The van der Waals surface area contributed by atoms with Gasteiger partial charge in [-0.05, 0) is 64.2 Å². The number of hydrogen-bond acceptors (Lipinski definition) is 4. The van der Waals surface area contributed by atoms with Crippen molar-refractivity contribution in [2.75, 3.05) is 6.61 Å². The van der Waals surface area contributed by atoms with Crippen molar-refractivity contribution in [1.82, 2.24) is 5.32 Å². The Balaban J connectivity index is 3.74. The number of carbonyl (C=O) groups is 1. The molecular weight excluding hydrogens is 631 g/mol. The lowest BCUT2D eigenvalue weighted by atomic mass is 10.0. The van der Waals surface area contributed by atoms with Crippen LogP contribution in [0.2, 0.25) is 0 Å². The van der Waals surface area contributed by atoms with Crippen molar-refractivity contribution in [3.8, 4) is 0 Å². The van der Waals surface area contributed by atoms with Gasteiger partial charge in [-0.15, -0.1) is 0 Å². The summed E-state index contributed by atoms with van der Waals surface area (Å²) in [5, 5.41) is 33.2. The summed E-state index contributed by atoms with van der Waals surface area (Å²) in [6, 6.07) is -0.766. The Morgan fingerprint density at radius 1 is 0.510 bits per heavy atom. The molecule has 0 aromatic carbocycles. The minimum Gasteiger partial charge on any atom is -0.394 e. The fourth-order valence-corrected chi connectivity index (χ4v) is 6.44. The molecule has 0 heterocycles. The van der Waals surface area contributed by atoms with E-state index in [0.717, 1.165) is 51.4 Å². The molecule has 0 bridgehead atoms. The summed E-state index contributed by atoms with van der Waals surface area (Å²) in [5.74, 6) is -0.335. The topological polar surface area (TPSA) is 89.8 Å². The van der Waals surface area contributed by atoms with E-state index >= 15 is 0 Å². The SMILES string of the molecule is CCCCC/C=C\C/C=C\CCCCCCCC(O)CC(=O)NC(CO)C(O)/C=C/CC/C=C/CCCCCCCCCCCCCCCCC. The van der Waals surface area contributed by atoms with Crippen molar-refractivity contribution in [2.24, 2.45) is 0 Å². The van der Waals surface area contributed by atoms with Crippen LogP contribution in [0, 0.1) is 0 Å². The number of carbonyl (C=O) groups excluding carboxylic acids is 1. The van der Waals surface area contributed by atoms with Gasteiger partial charge in [0, 0.05) is 0 Å². The molecule has 5 nitrogen and oxygen atoms in total. The molecule has 3 atom stereocenters. The molecule has 0 fully saturated rings. The molecular formula is C46H85NO4. The van der Waals surface area contributed by atoms with Gasteiger partial charge in [-0.3, -0.25) is 4.79 Å². The molecule has 0 aliphatic heterocycles. The van der Waals surface area contributed by atoms with Gasteiger partial charge in [-0.25, -0.2) is 0 Å². The second kappa shape index (κ2) is 41.1. The van der Waals surface area contributed by atoms with Gasteiger partial charge in [0.2, 0.25) is 5.91 Å². The number of nitrogens with one attached hydrogen (secondary N) is 1. The molecule has 0 saturated heterocycles. The van der Waals surface area contributed by atoms with Gasteiger partial charge in [0.1, 0.15) is 0 Å². The minimum absolute atomic E-state index is 0.00503. The van der Waals surface area contributed by atoms with Crippen molar-refractivity contribution in [2.45, 2.75) is 231 Å². The van der Waals surface area contributed by atoms with Gasteiger partial charge in [0.05, 0.1) is 31.3 Å². The van der Waals surface area contributed by atoms with Crippen LogP contribution in [0.1, 0.15) is 213 Å². The van der Waals surface area contributed by atoms with E-state index in [-0.39, 0.29) is 18.9 Å². The summed E-state index contributed by atoms with van der Waals surface area (Å²) < 4.78 is 0. The average molecular weight is 716 g/mol. The Bertz CT molecular complexity index is 835. The molecule has 0 aliphatic carbocycles. The second-order valence-electron chi connectivity index (χ2n) is 14.9. The number of rotatable bonds is 39. The number of hydrogen-bond donors (Lipinski definition) is 4. The zero-order valence-corrected chi connectivity index (χ0v) is 33.7. The molecule has 0 aliphatic rings. The fourth-order valence-electron chi connectivity index (χ4n) is 6.44. The zero-order valence-electron chi connectivity index (χ0n) is 33.7. The highest BCUT2D eigenvalue weighted by Gasteiger charge is 2.20. The summed E-state index contributed by atoms with van der Waals surface area (Å²) in [4.78, 5) is 12.4. The Hall–Kier alpha value is -1.69. The molecule has 1 amide bonds. The van der Waals surface area contributed by atoms with Crippen LogP contribution in [-0.2, 0) is 4.79 Å². The quantitative estimate of drug-likeness (QED) is 0.0377. The molecule has 3 unspecified atom stereocenters. The highest BCUT2D eigenvalue weighted by Crippen LogP contribution is 2.15. The maximum atomic E-state index is 12.4. The van der Waals surface area contributed by atoms with E-state index in [0.29, 0.717) is 6.42 Å². The van der Waals surface area contributed by atoms with E-state index < -0.39 is 18.2 Å². The number of unbranched alkanes of at least 4 members (excludes halogenated alkanes) is 24. The van der Waals surface area contributed by atoms with E-state index in [2.05, 4.69) is 55.6 Å². The smallest absolute Gasteiger partial charge is 0.222 e. The molecule has 0 spiro atoms. The van der Waals surface area contributed by atoms with Crippen molar-refractivity contribution in [3.63, 3.8) is 0 Å². The maximum Gasteiger partial charge on any atom is 0.222 e. The molecule has 298 valence electrons. The van der Waals surface area contributed by atoms with Crippen LogP contribution in [0.15, 0.2) is 48.6 Å². The van der Waals surface area contributed by atoms with Gasteiger partial charge in [0.15, 0.2) is 0 Å². The van der Waals surface area contributed by atoms with Crippen LogP contribution < -0.4 is 5.32 Å². The molecule has 0 radical (unpaired) electrons. The van der Waals surface area contributed by atoms with Crippen molar-refractivity contribution in [1.29, 1.82) is 0 Å². The first-order valence-electron chi connectivity index (χ1n) is 21.9. The molecule has 51 heavy (non-hydrogen) atoms. The highest BCUT2D eigenvalue weighted by atomic mass is 16.3. The zero-order chi connectivity index (χ0) is 37.3. The van der Waals surface area contributed by atoms with Crippen molar-refractivity contribution >= 4 is 5.91 Å². The maximum absolute atomic E-state index is 12.4. The van der Waals surface area contributed by atoms with E-state index in [4.69, 9.17) is 0 Å². The Morgan fingerprint density at radius 2 is 0.902 bits per heavy atom. The van der Waals surface area contributed by atoms with Gasteiger partial charge in [-0.1, -0.05) is 191 Å². The number of aliphatic hydroxyl groups is 3. The summed E-state index contributed by atoms with van der Waals surface area (Å²) in [6.45, 7) is 4.17. The predicted molar refractivity (Wildman–Crippen MR) is 222 cm³/mol. The normalized spacial score (nSPS) is 14.1. The highest BCUT2D eigenvalue weighted by molar-refractivity contribution is 5.76. The number of amides is 1. The molecule has 0 saturated carbocycles. The molecule has 4 N–H and O–H groups in total. The van der Waals surface area contributed by atoms with Crippen LogP contribution in [0.3, 0.4) is 0 Å².